The van der Waals surface area contributed by atoms with Gasteiger partial charge in [-0.15, -0.1) is 0 Å². The summed E-state index contributed by atoms with van der Waals surface area (Å²) in [4.78, 5) is 24.6. The molecule has 2 aromatic carbocycles. The van der Waals surface area contributed by atoms with Crippen LogP contribution in [0, 0.1) is 18.3 Å². The monoisotopic (exact) mass is 499 g/mol. The van der Waals surface area contributed by atoms with Gasteiger partial charge >= 0.3 is 5.97 Å². The molecule has 3 rings (SSSR count). The van der Waals surface area contributed by atoms with Gasteiger partial charge in [-0.1, -0.05) is 18.2 Å². The van der Waals surface area contributed by atoms with Crippen LogP contribution in [0.1, 0.15) is 11.1 Å². The first-order chi connectivity index (χ1) is 16.7. The molecule has 184 valence electrons. The standard InChI is InChI=1S/C24H25N3O7S/c1-17-3-6-20(14-22(17)35(30,31)27-9-11-33-12-10-27)26-23(28)16-34-24(29)19(15-25)13-18-4-7-21(32-2)8-5-18/h3-8,13-14H,9-12,16H2,1-2H3,(H,26,28)/b19-13+. The Bertz CT molecular complexity index is 1260. The normalized spacial score (nSPS) is 14.6. The molecule has 11 heteroatoms. The molecule has 0 aliphatic carbocycles. The number of hydrogen-bond donors (Lipinski definition) is 1. The minimum atomic E-state index is -3.76. The predicted octanol–water partition coefficient (Wildman–Crippen LogP) is 2.11. The summed E-state index contributed by atoms with van der Waals surface area (Å²) in [5.74, 6) is -1.02. The minimum Gasteiger partial charge on any atom is -0.497 e. The van der Waals surface area contributed by atoms with E-state index in [2.05, 4.69) is 5.32 Å². The third-order valence-electron chi connectivity index (χ3n) is 5.16. The number of amides is 1. The predicted molar refractivity (Wildman–Crippen MR) is 127 cm³/mol. The molecular weight excluding hydrogens is 474 g/mol. The highest BCUT2D eigenvalue weighted by atomic mass is 32.2. The second-order valence-electron chi connectivity index (χ2n) is 7.56. The first-order valence-corrected chi connectivity index (χ1v) is 12.1. The molecule has 0 aromatic heterocycles. The van der Waals surface area contributed by atoms with Gasteiger partial charge in [0.2, 0.25) is 10.0 Å². The summed E-state index contributed by atoms with van der Waals surface area (Å²) in [7, 11) is -2.24. The third kappa shape index (κ3) is 6.66. The zero-order chi connectivity index (χ0) is 25.4. The fourth-order valence-electron chi connectivity index (χ4n) is 3.29. The largest absolute Gasteiger partial charge is 0.497 e. The maximum absolute atomic E-state index is 13.0. The molecule has 0 unspecified atom stereocenters. The average Bonchev–Trinajstić information content (AvgIpc) is 2.87. The Labute approximate surface area is 203 Å². The van der Waals surface area contributed by atoms with Gasteiger partial charge in [0, 0.05) is 18.8 Å². The number of aryl methyl sites for hydroxylation is 1. The van der Waals surface area contributed by atoms with Crippen molar-refractivity contribution in [2.24, 2.45) is 0 Å². The molecule has 0 saturated carbocycles. The maximum Gasteiger partial charge on any atom is 0.349 e. The van der Waals surface area contributed by atoms with Gasteiger partial charge in [0.25, 0.3) is 5.91 Å². The highest BCUT2D eigenvalue weighted by molar-refractivity contribution is 7.89. The molecule has 0 radical (unpaired) electrons. The summed E-state index contributed by atoms with van der Waals surface area (Å²) in [5.41, 5.74) is 1.07. The van der Waals surface area contributed by atoms with Crippen LogP contribution < -0.4 is 10.1 Å². The Hall–Kier alpha value is -3.72. The van der Waals surface area contributed by atoms with E-state index in [1.807, 2.05) is 0 Å². The van der Waals surface area contributed by atoms with E-state index in [9.17, 15) is 23.3 Å². The summed E-state index contributed by atoms with van der Waals surface area (Å²) in [6.45, 7) is 2.15. The lowest BCUT2D eigenvalue weighted by molar-refractivity contribution is -0.142. The lowest BCUT2D eigenvalue weighted by Gasteiger charge is -2.26. The van der Waals surface area contributed by atoms with E-state index >= 15 is 0 Å². The number of anilines is 1. The van der Waals surface area contributed by atoms with Crippen molar-refractivity contribution in [2.45, 2.75) is 11.8 Å². The van der Waals surface area contributed by atoms with Crippen molar-refractivity contribution in [2.75, 3.05) is 45.3 Å². The number of sulfonamides is 1. The molecule has 10 nitrogen and oxygen atoms in total. The highest BCUT2D eigenvalue weighted by Crippen LogP contribution is 2.24. The topological polar surface area (TPSA) is 135 Å². The number of ether oxygens (including phenoxy) is 3. The van der Waals surface area contributed by atoms with E-state index in [-0.39, 0.29) is 29.2 Å². The fourth-order valence-corrected chi connectivity index (χ4v) is 4.95. The number of nitrogens with zero attached hydrogens (tertiary/aromatic N) is 2. The van der Waals surface area contributed by atoms with Gasteiger partial charge in [0.05, 0.1) is 25.2 Å². The van der Waals surface area contributed by atoms with Gasteiger partial charge in [-0.2, -0.15) is 9.57 Å². The summed E-state index contributed by atoms with van der Waals surface area (Å²) < 4.78 is 42.6. The first kappa shape index (κ1) is 25.9. The van der Waals surface area contributed by atoms with Crippen LogP contribution in [0.15, 0.2) is 52.9 Å². The van der Waals surface area contributed by atoms with Gasteiger partial charge in [-0.05, 0) is 48.4 Å². The zero-order valence-corrected chi connectivity index (χ0v) is 20.1. The highest BCUT2D eigenvalue weighted by Gasteiger charge is 2.28. The molecule has 2 aromatic rings. The van der Waals surface area contributed by atoms with Crippen molar-refractivity contribution in [1.82, 2.24) is 4.31 Å². The van der Waals surface area contributed by atoms with Crippen LogP contribution in [-0.4, -0.2) is 64.6 Å². The first-order valence-electron chi connectivity index (χ1n) is 10.7. The molecule has 1 saturated heterocycles. The van der Waals surface area contributed by atoms with E-state index in [1.165, 1.54) is 23.6 Å². The molecule has 1 aliphatic rings. The summed E-state index contributed by atoms with van der Waals surface area (Å²) in [6.07, 6.45) is 1.34. The number of carbonyl (C=O) groups is 2. The average molecular weight is 500 g/mol. The van der Waals surface area contributed by atoms with Crippen molar-refractivity contribution < 1.29 is 32.2 Å². The summed E-state index contributed by atoms with van der Waals surface area (Å²) in [5, 5.41) is 11.8. The number of nitrogens with one attached hydrogen (secondary N) is 1. The molecule has 1 fully saturated rings. The number of morpholine rings is 1. The molecule has 1 aliphatic heterocycles. The Morgan fingerprint density at radius 3 is 2.49 bits per heavy atom. The van der Waals surface area contributed by atoms with Gasteiger partial charge < -0.3 is 19.5 Å². The summed E-state index contributed by atoms with van der Waals surface area (Å²) in [6, 6.07) is 12.9. The third-order valence-corrected chi connectivity index (χ3v) is 7.20. The van der Waals surface area contributed by atoms with Crippen LogP contribution in [0.4, 0.5) is 5.69 Å². The molecule has 35 heavy (non-hydrogen) atoms. The Balaban J connectivity index is 1.64. The van der Waals surface area contributed by atoms with Crippen LogP contribution in [0.25, 0.3) is 6.08 Å². The Morgan fingerprint density at radius 1 is 1.17 bits per heavy atom. The number of benzene rings is 2. The van der Waals surface area contributed by atoms with E-state index in [1.54, 1.807) is 49.4 Å². The number of rotatable bonds is 8. The molecule has 0 atom stereocenters. The van der Waals surface area contributed by atoms with Crippen molar-refractivity contribution in [1.29, 1.82) is 5.26 Å². The van der Waals surface area contributed by atoms with E-state index in [4.69, 9.17) is 14.2 Å². The van der Waals surface area contributed by atoms with E-state index in [0.717, 1.165) is 0 Å². The SMILES string of the molecule is COc1ccc(/C=C(\C#N)C(=O)OCC(=O)Nc2ccc(C)c(S(=O)(=O)N3CCOCC3)c2)cc1. The smallest absolute Gasteiger partial charge is 0.349 e. The quantitative estimate of drug-likeness (QED) is 0.331. The van der Waals surface area contributed by atoms with Crippen molar-refractivity contribution >= 4 is 33.7 Å². The lowest BCUT2D eigenvalue weighted by atomic mass is 10.1. The van der Waals surface area contributed by atoms with E-state index < -0.39 is 28.5 Å². The van der Waals surface area contributed by atoms with Gasteiger partial charge in [0.1, 0.15) is 17.4 Å². The van der Waals surface area contributed by atoms with Crippen LogP contribution in [0.5, 0.6) is 5.75 Å². The van der Waals surface area contributed by atoms with Gasteiger partial charge in [-0.3, -0.25) is 4.79 Å². The second-order valence-corrected chi connectivity index (χ2v) is 9.47. The van der Waals surface area contributed by atoms with Crippen LogP contribution in [0.2, 0.25) is 0 Å². The maximum atomic E-state index is 13.0. The van der Waals surface area contributed by atoms with Crippen molar-refractivity contribution in [3.63, 3.8) is 0 Å². The fraction of sp³-hybridized carbons (Fsp3) is 0.292. The molecule has 1 amide bonds. The molecule has 0 spiro atoms. The number of carbonyl (C=O) groups excluding carboxylic acids is 2. The van der Waals surface area contributed by atoms with Crippen LogP contribution >= 0.6 is 0 Å². The molecule has 1 heterocycles. The Morgan fingerprint density at radius 2 is 1.86 bits per heavy atom. The molecule has 0 bridgehead atoms. The number of nitriles is 1. The zero-order valence-electron chi connectivity index (χ0n) is 19.3. The van der Waals surface area contributed by atoms with Crippen molar-refractivity contribution in [3.05, 3.63) is 59.2 Å². The van der Waals surface area contributed by atoms with E-state index in [0.29, 0.717) is 30.1 Å². The molecular formula is C24H25N3O7S. The minimum absolute atomic E-state index is 0.0726. The van der Waals surface area contributed by atoms with Crippen molar-refractivity contribution in [3.8, 4) is 11.8 Å². The summed E-state index contributed by atoms with van der Waals surface area (Å²) >= 11 is 0. The van der Waals surface area contributed by atoms with Crippen LogP contribution in [0.3, 0.4) is 0 Å². The van der Waals surface area contributed by atoms with Gasteiger partial charge in [0.15, 0.2) is 6.61 Å². The van der Waals surface area contributed by atoms with Crippen LogP contribution in [-0.2, 0) is 29.1 Å². The number of esters is 1. The Kier molecular flexibility index (Phi) is 8.59. The number of hydrogen-bond acceptors (Lipinski definition) is 8. The number of methoxy groups -OCH3 is 1. The molecule has 1 N–H and O–H groups in total. The second kappa shape index (κ2) is 11.6. The van der Waals surface area contributed by atoms with Gasteiger partial charge in [-0.25, -0.2) is 13.2 Å². The lowest BCUT2D eigenvalue weighted by Crippen LogP contribution is -2.40.